The van der Waals surface area contributed by atoms with Crippen molar-refractivity contribution in [1.29, 1.82) is 0 Å². The van der Waals surface area contributed by atoms with E-state index >= 15 is 0 Å². The zero-order valence-corrected chi connectivity index (χ0v) is 14.3. The van der Waals surface area contributed by atoms with Crippen LogP contribution in [0.25, 0.3) is 0 Å². The number of benzene rings is 2. The van der Waals surface area contributed by atoms with Gasteiger partial charge in [-0.3, -0.25) is 4.79 Å². The Kier molecular flexibility index (Phi) is 5.21. The first-order chi connectivity index (χ1) is 12.8. The lowest BCUT2D eigenvalue weighted by atomic mass is 9.86. The number of carbonyl (C=O) groups excluding carboxylic acids is 2. The van der Waals surface area contributed by atoms with Crippen LogP contribution in [0.1, 0.15) is 35.2 Å². The number of alkyl halides is 3. The summed E-state index contributed by atoms with van der Waals surface area (Å²) in [4.78, 5) is 24.2. The fourth-order valence-corrected chi connectivity index (χ4v) is 3.46. The highest BCUT2D eigenvalue weighted by molar-refractivity contribution is 5.89. The number of esters is 1. The summed E-state index contributed by atoms with van der Waals surface area (Å²) in [6.45, 7) is 0. The minimum absolute atomic E-state index is 0.242. The zero-order chi connectivity index (χ0) is 19.5. The number of hydrogen-bond donors (Lipinski definition) is 1. The number of hydrogen-bond acceptors (Lipinski definition) is 3. The molecule has 1 N–H and O–H groups in total. The van der Waals surface area contributed by atoms with Crippen molar-refractivity contribution in [1.82, 2.24) is 5.32 Å². The Balaban J connectivity index is 1.93. The van der Waals surface area contributed by atoms with Crippen LogP contribution in [-0.2, 0) is 15.1 Å². The third-order valence-electron chi connectivity index (χ3n) is 4.73. The second-order valence-corrected chi connectivity index (χ2v) is 6.44. The summed E-state index contributed by atoms with van der Waals surface area (Å²) in [7, 11) is 0. The maximum Gasteiger partial charge on any atom is 0.471 e. The Labute approximate surface area is 154 Å². The highest BCUT2D eigenvalue weighted by Gasteiger charge is 2.52. The van der Waals surface area contributed by atoms with Crippen molar-refractivity contribution in [3.05, 3.63) is 71.8 Å². The molecule has 1 amide bonds. The molecule has 0 saturated heterocycles. The van der Waals surface area contributed by atoms with Crippen LogP contribution < -0.4 is 5.32 Å². The minimum atomic E-state index is -5.03. The van der Waals surface area contributed by atoms with Gasteiger partial charge in [-0.25, -0.2) is 4.79 Å². The van der Waals surface area contributed by atoms with Crippen molar-refractivity contribution in [3.8, 4) is 0 Å². The summed E-state index contributed by atoms with van der Waals surface area (Å²) in [5.41, 5.74) is -0.641. The molecule has 1 aliphatic carbocycles. The van der Waals surface area contributed by atoms with Gasteiger partial charge >= 0.3 is 18.1 Å². The van der Waals surface area contributed by atoms with E-state index in [9.17, 15) is 22.8 Å². The van der Waals surface area contributed by atoms with E-state index < -0.39 is 29.7 Å². The standard InChI is InChI=1S/C20H18F3NO3/c21-20(22,23)18(26)24-19(15-10-5-2-6-11-15)13-7-12-16(19)27-17(25)14-8-3-1-4-9-14/h1-6,8-11,16H,7,12-13H2,(H,24,26)/t16-,19-/m0/s1. The van der Waals surface area contributed by atoms with Gasteiger partial charge in [0, 0.05) is 0 Å². The Hall–Kier alpha value is -2.83. The summed E-state index contributed by atoms with van der Waals surface area (Å²) >= 11 is 0. The SMILES string of the molecule is O=C(O[C@H]1CCC[C@]1(NC(=O)C(F)(F)F)c1ccccc1)c1ccccc1. The quantitative estimate of drug-likeness (QED) is 0.821. The van der Waals surface area contributed by atoms with E-state index in [1.165, 1.54) is 0 Å². The highest BCUT2D eigenvalue weighted by Crippen LogP contribution is 2.42. The van der Waals surface area contributed by atoms with Crippen LogP contribution in [0, 0.1) is 0 Å². The fraction of sp³-hybridized carbons (Fsp3) is 0.300. The van der Waals surface area contributed by atoms with Crippen LogP contribution in [0.2, 0.25) is 0 Å². The number of rotatable bonds is 4. The predicted octanol–water partition coefficient (Wildman–Crippen LogP) is 3.97. The average molecular weight is 377 g/mol. The minimum Gasteiger partial charge on any atom is -0.456 e. The van der Waals surface area contributed by atoms with E-state index in [0.717, 1.165) is 0 Å². The van der Waals surface area contributed by atoms with Crippen LogP contribution in [0.15, 0.2) is 60.7 Å². The lowest BCUT2D eigenvalue weighted by Crippen LogP contribution is -2.55. The molecule has 4 nitrogen and oxygen atoms in total. The second kappa shape index (κ2) is 7.42. The lowest BCUT2D eigenvalue weighted by Gasteiger charge is -2.36. The smallest absolute Gasteiger partial charge is 0.456 e. The summed E-state index contributed by atoms with van der Waals surface area (Å²) < 4.78 is 44.3. The molecule has 1 aliphatic rings. The lowest BCUT2D eigenvalue weighted by molar-refractivity contribution is -0.177. The number of halogens is 3. The van der Waals surface area contributed by atoms with Crippen LogP contribution in [0.4, 0.5) is 13.2 Å². The average Bonchev–Trinajstić information content (AvgIpc) is 3.05. The van der Waals surface area contributed by atoms with Gasteiger partial charge in [0.1, 0.15) is 11.6 Å². The van der Waals surface area contributed by atoms with Gasteiger partial charge in [0.2, 0.25) is 0 Å². The molecule has 0 spiro atoms. The van der Waals surface area contributed by atoms with Gasteiger partial charge in [0.05, 0.1) is 5.56 Å². The first-order valence-electron chi connectivity index (χ1n) is 8.54. The summed E-state index contributed by atoms with van der Waals surface area (Å²) in [6.07, 6.45) is -4.83. The number of nitrogens with one attached hydrogen (secondary N) is 1. The van der Waals surface area contributed by atoms with E-state index in [0.29, 0.717) is 24.0 Å². The molecule has 1 fully saturated rings. The molecule has 2 aromatic rings. The van der Waals surface area contributed by atoms with E-state index in [4.69, 9.17) is 4.74 Å². The molecule has 0 radical (unpaired) electrons. The topological polar surface area (TPSA) is 55.4 Å². The molecule has 1 saturated carbocycles. The normalized spacial score (nSPS) is 22.3. The maximum atomic E-state index is 12.9. The van der Waals surface area contributed by atoms with Crippen LogP contribution >= 0.6 is 0 Å². The summed E-state index contributed by atoms with van der Waals surface area (Å²) in [5.74, 6) is -2.68. The maximum absolute atomic E-state index is 12.9. The van der Waals surface area contributed by atoms with Crippen molar-refractivity contribution in [2.75, 3.05) is 0 Å². The second-order valence-electron chi connectivity index (χ2n) is 6.44. The number of carbonyl (C=O) groups is 2. The zero-order valence-electron chi connectivity index (χ0n) is 14.3. The molecule has 3 rings (SSSR count). The van der Waals surface area contributed by atoms with Gasteiger partial charge in [-0.2, -0.15) is 13.2 Å². The molecule has 0 bridgehead atoms. The monoisotopic (exact) mass is 377 g/mol. The molecule has 0 unspecified atom stereocenters. The van der Waals surface area contributed by atoms with E-state index in [2.05, 4.69) is 5.32 Å². The van der Waals surface area contributed by atoms with Gasteiger partial charge in [-0.1, -0.05) is 48.5 Å². The first kappa shape index (κ1) is 18.9. The van der Waals surface area contributed by atoms with Gasteiger partial charge in [0.25, 0.3) is 0 Å². The van der Waals surface area contributed by atoms with Gasteiger partial charge in [-0.05, 0) is 37.0 Å². The van der Waals surface area contributed by atoms with E-state index in [1.54, 1.807) is 60.7 Å². The van der Waals surface area contributed by atoms with E-state index in [1.807, 2.05) is 0 Å². The van der Waals surface area contributed by atoms with Crippen molar-refractivity contribution in [2.24, 2.45) is 0 Å². The van der Waals surface area contributed by atoms with Gasteiger partial charge < -0.3 is 10.1 Å². The van der Waals surface area contributed by atoms with Crippen LogP contribution in [0.5, 0.6) is 0 Å². The molecule has 2 aromatic carbocycles. The number of amides is 1. The van der Waals surface area contributed by atoms with Crippen LogP contribution in [-0.4, -0.2) is 24.2 Å². The largest absolute Gasteiger partial charge is 0.471 e. The molecule has 142 valence electrons. The predicted molar refractivity (Wildman–Crippen MR) is 91.8 cm³/mol. The molecule has 27 heavy (non-hydrogen) atoms. The molecular weight excluding hydrogens is 359 g/mol. The Bertz CT molecular complexity index is 808. The molecule has 7 heteroatoms. The molecule has 0 aromatic heterocycles. The molecule has 0 aliphatic heterocycles. The van der Waals surface area contributed by atoms with Crippen molar-refractivity contribution in [2.45, 2.75) is 37.1 Å². The third-order valence-corrected chi connectivity index (χ3v) is 4.73. The Morgan fingerprint density at radius 2 is 1.59 bits per heavy atom. The van der Waals surface area contributed by atoms with E-state index in [-0.39, 0.29) is 6.42 Å². The van der Waals surface area contributed by atoms with Crippen molar-refractivity contribution >= 4 is 11.9 Å². The first-order valence-corrected chi connectivity index (χ1v) is 8.54. The van der Waals surface area contributed by atoms with Gasteiger partial charge in [-0.15, -0.1) is 0 Å². The summed E-state index contributed by atoms with van der Waals surface area (Å²) in [6, 6.07) is 16.5. The third kappa shape index (κ3) is 3.97. The Morgan fingerprint density at radius 1 is 1.00 bits per heavy atom. The number of ether oxygens (including phenoxy) is 1. The summed E-state index contributed by atoms with van der Waals surface area (Å²) in [5, 5.41) is 2.11. The van der Waals surface area contributed by atoms with Crippen molar-refractivity contribution in [3.63, 3.8) is 0 Å². The fourth-order valence-electron chi connectivity index (χ4n) is 3.46. The van der Waals surface area contributed by atoms with Crippen molar-refractivity contribution < 1.29 is 27.5 Å². The molecule has 0 heterocycles. The Morgan fingerprint density at radius 3 is 2.19 bits per heavy atom. The van der Waals surface area contributed by atoms with Gasteiger partial charge in [0.15, 0.2) is 0 Å². The molecular formula is C20H18F3NO3. The highest BCUT2D eigenvalue weighted by atomic mass is 19.4. The molecule has 2 atom stereocenters. The van der Waals surface area contributed by atoms with Crippen LogP contribution in [0.3, 0.4) is 0 Å².